The molecule has 0 aliphatic rings. The van der Waals surface area contributed by atoms with Crippen LogP contribution in [0, 0.1) is 6.92 Å². The molecular weight excluding hydrogens is 221 g/mol. The normalized spacial score (nSPS) is 9.25. The van der Waals surface area contributed by atoms with Crippen molar-refractivity contribution < 1.29 is 7.59 Å². The Balaban J connectivity index is 2.84. The monoisotopic (exact) mass is 225 g/mol. The average molecular weight is 225 g/mol. The molecular formula is C4H4INO2. The Bertz CT molecular complexity index is 174. The first-order valence-electron chi connectivity index (χ1n) is 2.05. The molecule has 1 aromatic heterocycles. The molecule has 0 saturated heterocycles. The van der Waals surface area contributed by atoms with Gasteiger partial charge in [0.15, 0.2) is 23.0 Å². The number of hydrogen-bond acceptors (Lipinski definition) is 3. The third-order valence-corrected chi connectivity index (χ3v) is 1.12. The molecule has 0 saturated carbocycles. The summed E-state index contributed by atoms with van der Waals surface area (Å²) >= 11 is 1.73. The maximum absolute atomic E-state index is 4.68. The molecule has 44 valence electrons. The van der Waals surface area contributed by atoms with Crippen LogP contribution in [0.15, 0.2) is 10.6 Å². The van der Waals surface area contributed by atoms with Crippen LogP contribution in [0.1, 0.15) is 5.69 Å². The van der Waals surface area contributed by atoms with Gasteiger partial charge in [-0.2, -0.15) is 0 Å². The molecule has 1 rings (SSSR count). The van der Waals surface area contributed by atoms with Gasteiger partial charge >= 0.3 is 5.95 Å². The van der Waals surface area contributed by atoms with Gasteiger partial charge in [0.25, 0.3) is 0 Å². The second-order valence-electron chi connectivity index (χ2n) is 1.36. The number of nitrogens with zero attached hydrogens (tertiary/aromatic N) is 1. The molecule has 0 aromatic carbocycles. The summed E-state index contributed by atoms with van der Waals surface area (Å²) < 4.78 is 9.31. The van der Waals surface area contributed by atoms with Crippen LogP contribution in [0.25, 0.3) is 0 Å². The molecule has 0 bridgehead atoms. The molecule has 1 aromatic rings. The lowest BCUT2D eigenvalue weighted by Gasteiger charge is -1.79. The van der Waals surface area contributed by atoms with Crippen molar-refractivity contribution in [3.8, 4) is 5.95 Å². The highest BCUT2D eigenvalue weighted by Gasteiger charge is 1.96. The van der Waals surface area contributed by atoms with E-state index in [1.807, 2.05) is 6.92 Å². The molecule has 4 heteroatoms. The lowest BCUT2D eigenvalue weighted by molar-refractivity contribution is 0.348. The molecule has 0 spiro atoms. The minimum atomic E-state index is 0.447. The Morgan fingerprint density at radius 1 is 1.88 bits per heavy atom. The lowest BCUT2D eigenvalue weighted by Crippen LogP contribution is -1.62. The van der Waals surface area contributed by atoms with Crippen molar-refractivity contribution >= 4 is 23.0 Å². The van der Waals surface area contributed by atoms with Gasteiger partial charge in [-0.3, -0.25) is 0 Å². The minimum absolute atomic E-state index is 0.447. The fourth-order valence-electron chi connectivity index (χ4n) is 0.377. The van der Waals surface area contributed by atoms with Crippen molar-refractivity contribution in [1.82, 2.24) is 5.16 Å². The predicted octanol–water partition coefficient (Wildman–Crippen LogP) is 1.71. The summed E-state index contributed by atoms with van der Waals surface area (Å²) in [5, 5.41) is 3.58. The summed E-state index contributed by atoms with van der Waals surface area (Å²) in [7, 11) is 0. The van der Waals surface area contributed by atoms with Gasteiger partial charge in [-0.25, -0.2) is 0 Å². The van der Waals surface area contributed by atoms with E-state index in [-0.39, 0.29) is 0 Å². The van der Waals surface area contributed by atoms with E-state index in [0.717, 1.165) is 5.69 Å². The molecule has 0 fully saturated rings. The number of rotatable bonds is 1. The van der Waals surface area contributed by atoms with Gasteiger partial charge < -0.3 is 7.59 Å². The van der Waals surface area contributed by atoms with Crippen LogP contribution in [0.5, 0.6) is 5.95 Å². The number of halogens is 1. The van der Waals surface area contributed by atoms with Crippen molar-refractivity contribution in [3.05, 3.63) is 11.8 Å². The third-order valence-electron chi connectivity index (χ3n) is 0.682. The van der Waals surface area contributed by atoms with Gasteiger partial charge in [0.1, 0.15) is 0 Å². The number of aryl methyl sites for hydroxylation is 1. The fourth-order valence-corrected chi connectivity index (χ4v) is 0.584. The van der Waals surface area contributed by atoms with Crippen molar-refractivity contribution in [2.45, 2.75) is 6.92 Å². The summed E-state index contributed by atoms with van der Waals surface area (Å²) in [6.07, 6.45) is 0. The second-order valence-corrected chi connectivity index (χ2v) is 1.80. The Kier molecular flexibility index (Phi) is 1.72. The highest BCUT2D eigenvalue weighted by molar-refractivity contribution is 14.1. The van der Waals surface area contributed by atoms with Crippen LogP contribution >= 0.6 is 23.0 Å². The molecule has 8 heavy (non-hydrogen) atoms. The zero-order valence-corrected chi connectivity index (χ0v) is 6.38. The molecule has 1 heterocycles. The fraction of sp³-hybridized carbons (Fsp3) is 0.250. The highest BCUT2D eigenvalue weighted by Crippen LogP contribution is 2.12. The zero-order valence-electron chi connectivity index (χ0n) is 4.22. The van der Waals surface area contributed by atoms with Gasteiger partial charge in [0.2, 0.25) is 0 Å². The van der Waals surface area contributed by atoms with Gasteiger partial charge in [-0.1, -0.05) is 5.16 Å². The first-order valence-corrected chi connectivity index (χ1v) is 2.93. The van der Waals surface area contributed by atoms with Crippen molar-refractivity contribution in [2.24, 2.45) is 0 Å². The van der Waals surface area contributed by atoms with Gasteiger partial charge in [0.05, 0.1) is 5.69 Å². The summed E-state index contributed by atoms with van der Waals surface area (Å²) in [5.74, 6) is 0.447. The van der Waals surface area contributed by atoms with Crippen LogP contribution < -0.4 is 3.07 Å². The summed E-state index contributed by atoms with van der Waals surface area (Å²) in [6, 6.07) is 1.71. The van der Waals surface area contributed by atoms with E-state index in [4.69, 9.17) is 0 Å². The quantitative estimate of drug-likeness (QED) is 0.682. The maximum Gasteiger partial charge on any atom is 0.320 e. The first-order chi connectivity index (χ1) is 3.83. The Morgan fingerprint density at radius 2 is 2.62 bits per heavy atom. The highest BCUT2D eigenvalue weighted by atomic mass is 127. The van der Waals surface area contributed by atoms with E-state index in [1.165, 1.54) is 0 Å². The summed E-state index contributed by atoms with van der Waals surface area (Å²) in [4.78, 5) is 0. The Hall–Kier alpha value is -0.260. The van der Waals surface area contributed by atoms with E-state index < -0.39 is 0 Å². The van der Waals surface area contributed by atoms with Gasteiger partial charge in [-0.15, -0.1) is 0 Å². The SMILES string of the molecule is Cc1cc(OI)on1. The molecule has 0 unspecified atom stereocenters. The molecule has 0 aliphatic heterocycles. The van der Waals surface area contributed by atoms with Crippen molar-refractivity contribution in [1.29, 1.82) is 0 Å². The van der Waals surface area contributed by atoms with E-state index in [1.54, 1.807) is 29.1 Å². The van der Waals surface area contributed by atoms with Crippen LogP contribution in [-0.4, -0.2) is 5.16 Å². The van der Waals surface area contributed by atoms with Crippen LogP contribution in [0.4, 0.5) is 0 Å². The second kappa shape index (κ2) is 2.34. The van der Waals surface area contributed by atoms with Crippen LogP contribution in [-0.2, 0) is 0 Å². The van der Waals surface area contributed by atoms with Crippen molar-refractivity contribution in [2.75, 3.05) is 0 Å². The molecule has 0 aliphatic carbocycles. The van der Waals surface area contributed by atoms with Gasteiger partial charge in [0, 0.05) is 6.07 Å². The van der Waals surface area contributed by atoms with Crippen LogP contribution in [0.2, 0.25) is 0 Å². The first kappa shape index (κ1) is 5.87. The minimum Gasteiger partial charge on any atom is -0.393 e. The molecule has 0 radical (unpaired) electrons. The van der Waals surface area contributed by atoms with Gasteiger partial charge in [-0.05, 0) is 6.92 Å². The Labute approximate surface area is 60.7 Å². The molecule has 3 nitrogen and oxygen atoms in total. The maximum atomic E-state index is 4.68. The van der Waals surface area contributed by atoms with E-state index in [2.05, 4.69) is 12.7 Å². The van der Waals surface area contributed by atoms with E-state index in [9.17, 15) is 0 Å². The predicted molar refractivity (Wildman–Crippen MR) is 35.9 cm³/mol. The average Bonchev–Trinajstić information content (AvgIpc) is 2.14. The summed E-state index contributed by atoms with van der Waals surface area (Å²) in [6.45, 7) is 1.84. The number of hydrogen-bond donors (Lipinski definition) is 0. The topological polar surface area (TPSA) is 35.3 Å². The molecule has 0 N–H and O–H groups in total. The summed E-state index contributed by atoms with van der Waals surface area (Å²) in [5.41, 5.74) is 0.830. The zero-order chi connectivity index (χ0) is 5.98. The smallest absolute Gasteiger partial charge is 0.320 e. The molecule has 0 amide bonds. The molecule has 0 atom stereocenters. The third kappa shape index (κ3) is 1.12. The largest absolute Gasteiger partial charge is 0.393 e. The van der Waals surface area contributed by atoms with E-state index >= 15 is 0 Å². The standard InChI is InChI=1S/C4H4INO2/c1-3-2-4(7-5)8-6-3/h2H,1H3. The number of aromatic nitrogens is 1. The van der Waals surface area contributed by atoms with Crippen molar-refractivity contribution in [3.63, 3.8) is 0 Å². The van der Waals surface area contributed by atoms with Crippen LogP contribution in [0.3, 0.4) is 0 Å². The van der Waals surface area contributed by atoms with E-state index in [0.29, 0.717) is 5.95 Å². The Morgan fingerprint density at radius 3 is 2.88 bits per heavy atom. The lowest BCUT2D eigenvalue weighted by atomic mass is 10.5.